The van der Waals surface area contributed by atoms with Gasteiger partial charge in [0.25, 0.3) is 0 Å². The first kappa shape index (κ1) is 18.0. The molecule has 0 aliphatic carbocycles. The number of ketones is 2. The fraction of sp³-hybridized carbons (Fsp3) is 0.100. The van der Waals surface area contributed by atoms with Gasteiger partial charge in [-0.05, 0) is 47.5 Å². The van der Waals surface area contributed by atoms with Gasteiger partial charge in [-0.15, -0.1) is 0 Å². The van der Waals surface area contributed by atoms with Gasteiger partial charge in [0, 0.05) is 5.69 Å². The molecule has 2 aromatic rings. The number of hydrogen-bond donors (Lipinski definition) is 2. The minimum absolute atomic E-state index is 0.0222. The Bertz CT molecular complexity index is 820. The maximum atomic E-state index is 11.9. The molecule has 0 aliphatic rings. The van der Waals surface area contributed by atoms with Crippen LogP contribution in [0.2, 0.25) is 0 Å². The van der Waals surface area contributed by atoms with E-state index < -0.39 is 0 Å². The molecule has 2 rings (SSSR count). The van der Waals surface area contributed by atoms with Crippen LogP contribution in [-0.2, 0) is 9.59 Å². The van der Waals surface area contributed by atoms with Crippen molar-refractivity contribution in [3.63, 3.8) is 0 Å². The third-order valence-corrected chi connectivity index (χ3v) is 3.41. The Labute approximate surface area is 146 Å². The number of methoxy groups -OCH3 is 1. The van der Waals surface area contributed by atoms with Crippen LogP contribution in [0.25, 0.3) is 12.2 Å². The number of phenols is 1. The zero-order chi connectivity index (χ0) is 18.2. The molecule has 0 saturated heterocycles. The molecule has 0 aliphatic heterocycles. The molecule has 0 unspecified atom stereocenters. The van der Waals surface area contributed by atoms with Gasteiger partial charge in [-0.25, -0.2) is 0 Å². The number of phenolic OH excluding ortho intramolecular Hbond substituents is 1. The Hall–Kier alpha value is -3.34. The summed E-state index contributed by atoms with van der Waals surface area (Å²) in [6.07, 6.45) is 5.71. The lowest BCUT2D eigenvalue weighted by atomic mass is 10.1. The van der Waals surface area contributed by atoms with E-state index in [1.54, 1.807) is 48.6 Å². The van der Waals surface area contributed by atoms with Crippen LogP contribution in [0, 0.1) is 0 Å². The Balaban J connectivity index is 1.92. The second-order valence-electron chi connectivity index (χ2n) is 5.37. The van der Waals surface area contributed by atoms with Crippen molar-refractivity contribution in [3.05, 3.63) is 65.7 Å². The molecule has 5 nitrogen and oxygen atoms in total. The van der Waals surface area contributed by atoms with Gasteiger partial charge in [-0.3, -0.25) is 9.59 Å². The number of carbonyl (C=O) groups is 2. The van der Waals surface area contributed by atoms with E-state index in [1.165, 1.54) is 25.3 Å². The summed E-state index contributed by atoms with van der Waals surface area (Å²) in [5.74, 6) is -0.250. The molecule has 3 N–H and O–H groups in total. The summed E-state index contributed by atoms with van der Waals surface area (Å²) in [7, 11) is 1.44. The highest BCUT2D eigenvalue weighted by Crippen LogP contribution is 2.26. The van der Waals surface area contributed by atoms with Crippen LogP contribution in [-0.4, -0.2) is 23.8 Å². The fourth-order valence-electron chi connectivity index (χ4n) is 2.07. The van der Waals surface area contributed by atoms with Crippen LogP contribution >= 0.6 is 0 Å². The van der Waals surface area contributed by atoms with Crippen LogP contribution in [0.4, 0.5) is 5.69 Å². The van der Waals surface area contributed by atoms with Gasteiger partial charge in [0.1, 0.15) is 0 Å². The van der Waals surface area contributed by atoms with Gasteiger partial charge in [0.2, 0.25) is 0 Å². The zero-order valence-corrected chi connectivity index (χ0v) is 13.8. The Kier molecular flexibility index (Phi) is 6.12. The lowest BCUT2D eigenvalue weighted by Crippen LogP contribution is -2.01. The summed E-state index contributed by atoms with van der Waals surface area (Å²) < 4.78 is 5.00. The number of allylic oxidation sites excluding steroid dienone is 2. The average Bonchev–Trinajstić information content (AvgIpc) is 2.60. The van der Waals surface area contributed by atoms with Crippen molar-refractivity contribution in [2.75, 3.05) is 12.8 Å². The smallest absolute Gasteiger partial charge is 0.163 e. The predicted molar refractivity (Wildman–Crippen MR) is 98.2 cm³/mol. The van der Waals surface area contributed by atoms with Crippen LogP contribution in [0.15, 0.2) is 54.6 Å². The second-order valence-corrected chi connectivity index (χ2v) is 5.37. The molecule has 0 radical (unpaired) electrons. The molecule has 0 aromatic heterocycles. The van der Waals surface area contributed by atoms with E-state index in [0.29, 0.717) is 17.0 Å². The lowest BCUT2D eigenvalue weighted by Gasteiger charge is -2.03. The first-order chi connectivity index (χ1) is 12.0. The van der Waals surface area contributed by atoms with Crippen LogP contribution < -0.4 is 10.5 Å². The molecule has 128 valence electrons. The normalized spacial score (nSPS) is 11.1. The molecule has 0 heterocycles. The molecule has 0 bridgehead atoms. The number of carbonyl (C=O) groups excluding carboxylic acids is 2. The molecule has 5 heteroatoms. The quantitative estimate of drug-likeness (QED) is 0.460. The van der Waals surface area contributed by atoms with Crippen molar-refractivity contribution < 1.29 is 19.4 Å². The highest BCUT2D eigenvalue weighted by atomic mass is 16.5. The van der Waals surface area contributed by atoms with Crippen LogP contribution in [0.3, 0.4) is 0 Å². The van der Waals surface area contributed by atoms with Gasteiger partial charge < -0.3 is 15.6 Å². The van der Waals surface area contributed by atoms with Crippen LogP contribution in [0.1, 0.15) is 17.5 Å². The standard InChI is InChI=1S/C20H19NO4/c1-25-20-12-15(6-11-19(20)24)5-10-18(23)13-17(22)9-4-14-2-7-16(21)8-3-14/h2-12,24H,13,21H2,1H3/b9-4+,10-5+. The fourth-order valence-corrected chi connectivity index (χ4v) is 2.07. The number of nitrogens with two attached hydrogens (primary N) is 1. The second kappa shape index (κ2) is 8.49. The van der Waals surface area contributed by atoms with E-state index in [1.807, 2.05) is 0 Å². The number of ether oxygens (including phenoxy) is 1. The Morgan fingerprint density at radius 2 is 1.56 bits per heavy atom. The minimum atomic E-state index is -0.306. The summed E-state index contributed by atoms with van der Waals surface area (Å²) in [4.78, 5) is 23.7. The third-order valence-electron chi connectivity index (χ3n) is 3.41. The number of anilines is 1. The number of aromatic hydroxyl groups is 1. The van der Waals surface area contributed by atoms with Gasteiger partial charge in [-0.2, -0.15) is 0 Å². The van der Waals surface area contributed by atoms with Crippen molar-refractivity contribution in [1.29, 1.82) is 0 Å². The Morgan fingerprint density at radius 3 is 2.16 bits per heavy atom. The summed E-state index contributed by atoms with van der Waals surface area (Å²) in [6, 6.07) is 11.8. The first-order valence-corrected chi connectivity index (χ1v) is 7.62. The van der Waals surface area contributed by atoms with Crippen molar-refractivity contribution in [2.24, 2.45) is 0 Å². The molecule has 0 spiro atoms. The third kappa shape index (κ3) is 5.66. The summed E-state index contributed by atoms with van der Waals surface area (Å²) in [6.45, 7) is 0. The van der Waals surface area contributed by atoms with Crippen molar-refractivity contribution in [3.8, 4) is 11.5 Å². The summed E-state index contributed by atoms with van der Waals surface area (Å²) in [5.41, 5.74) is 7.76. The summed E-state index contributed by atoms with van der Waals surface area (Å²) >= 11 is 0. The highest BCUT2D eigenvalue weighted by Gasteiger charge is 2.05. The monoisotopic (exact) mass is 337 g/mol. The molecule has 0 atom stereocenters. The SMILES string of the molecule is COc1cc(/C=C/C(=O)CC(=O)/C=C/c2ccc(N)cc2)ccc1O. The van der Waals surface area contributed by atoms with E-state index in [9.17, 15) is 14.7 Å². The molecular formula is C20H19NO4. The molecule has 25 heavy (non-hydrogen) atoms. The van der Waals surface area contributed by atoms with Crippen molar-refractivity contribution >= 4 is 29.4 Å². The van der Waals surface area contributed by atoms with Crippen molar-refractivity contribution in [1.82, 2.24) is 0 Å². The average molecular weight is 337 g/mol. The maximum Gasteiger partial charge on any atom is 0.163 e. The largest absolute Gasteiger partial charge is 0.504 e. The lowest BCUT2D eigenvalue weighted by molar-refractivity contribution is -0.121. The van der Waals surface area contributed by atoms with E-state index in [2.05, 4.69) is 0 Å². The molecule has 0 amide bonds. The summed E-state index contributed by atoms with van der Waals surface area (Å²) in [5, 5.41) is 9.52. The number of nitrogen functional groups attached to an aromatic ring is 1. The highest BCUT2D eigenvalue weighted by molar-refractivity contribution is 6.10. The van der Waals surface area contributed by atoms with Gasteiger partial charge in [0.05, 0.1) is 13.5 Å². The maximum absolute atomic E-state index is 11.9. The van der Waals surface area contributed by atoms with E-state index >= 15 is 0 Å². The predicted octanol–water partition coefficient (Wildman–Crippen LogP) is 3.24. The first-order valence-electron chi connectivity index (χ1n) is 7.62. The molecule has 0 saturated carbocycles. The Morgan fingerprint density at radius 1 is 1.00 bits per heavy atom. The number of hydrogen-bond acceptors (Lipinski definition) is 5. The molecule has 2 aromatic carbocycles. The number of rotatable bonds is 7. The topological polar surface area (TPSA) is 89.6 Å². The zero-order valence-electron chi connectivity index (χ0n) is 13.8. The van der Waals surface area contributed by atoms with E-state index in [4.69, 9.17) is 10.5 Å². The minimum Gasteiger partial charge on any atom is -0.504 e. The van der Waals surface area contributed by atoms with E-state index in [-0.39, 0.29) is 23.7 Å². The number of benzene rings is 2. The molecule has 0 fully saturated rings. The molecular weight excluding hydrogens is 318 g/mol. The van der Waals surface area contributed by atoms with Gasteiger partial charge in [0.15, 0.2) is 23.1 Å². The van der Waals surface area contributed by atoms with E-state index in [0.717, 1.165) is 5.56 Å². The van der Waals surface area contributed by atoms with Crippen LogP contribution in [0.5, 0.6) is 11.5 Å². The van der Waals surface area contributed by atoms with Crippen molar-refractivity contribution in [2.45, 2.75) is 6.42 Å². The van der Waals surface area contributed by atoms with Gasteiger partial charge >= 0.3 is 0 Å². The van der Waals surface area contributed by atoms with Gasteiger partial charge in [-0.1, -0.05) is 30.4 Å².